The molecule has 1 aromatic carbocycles. The molecule has 35 heavy (non-hydrogen) atoms. The van der Waals surface area contributed by atoms with Crippen LogP contribution in [0.5, 0.6) is 0 Å². The van der Waals surface area contributed by atoms with Crippen LogP contribution < -0.4 is 10.6 Å². The van der Waals surface area contributed by atoms with Gasteiger partial charge >= 0.3 is 0 Å². The van der Waals surface area contributed by atoms with Gasteiger partial charge in [-0.2, -0.15) is 4.39 Å². The van der Waals surface area contributed by atoms with E-state index in [1.807, 2.05) is 30.3 Å². The molecule has 0 unspecified atom stereocenters. The van der Waals surface area contributed by atoms with Crippen LogP contribution in [0.2, 0.25) is 0 Å². The van der Waals surface area contributed by atoms with Crippen molar-refractivity contribution in [1.82, 2.24) is 25.6 Å². The number of nitrogens with zero attached hydrogens (tertiary/aromatic N) is 3. The van der Waals surface area contributed by atoms with Crippen molar-refractivity contribution in [3.05, 3.63) is 100 Å². The van der Waals surface area contributed by atoms with E-state index in [2.05, 4.69) is 25.6 Å². The predicted molar refractivity (Wildman–Crippen MR) is 131 cm³/mol. The monoisotopic (exact) mass is 471 g/mol. The molecule has 2 N–H and O–H groups in total. The molecule has 0 aliphatic carbocycles. The minimum absolute atomic E-state index is 0.0941. The van der Waals surface area contributed by atoms with E-state index in [4.69, 9.17) is 0 Å². The molecule has 4 aromatic rings. The van der Waals surface area contributed by atoms with Crippen molar-refractivity contribution < 1.29 is 14.0 Å². The number of aryl methyl sites for hydroxylation is 2. The molecule has 8 heteroatoms. The van der Waals surface area contributed by atoms with Crippen molar-refractivity contribution in [2.24, 2.45) is 0 Å². The van der Waals surface area contributed by atoms with Crippen LogP contribution in [0.25, 0.3) is 10.9 Å². The second-order valence-electron chi connectivity index (χ2n) is 8.46. The van der Waals surface area contributed by atoms with E-state index in [0.717, 1.165) is 39.0 Å². The average Bonchev–Trinajstić information content (AvgIpc) is 2.82. The molecule has 7 nitrogen and oxygen atoms in total. The molecule has 3 aromatic heterocycles. The van der Waals surface area contributed by atoms with Crippen molar-refractivity contribution in [2.75, 3.05) is 0 Å². The number of hydrogen-bond acceptors (Lipinski definition) is 5. The molecule has 2 amide bonds. The fourth-order valence-electron chi connectivity index (χ4n) is 3.92. The first-order valence-corrected chi connectivity index (χ1v) is 11.3. The van der Waals surface area contributed by atoms with Crippen LogP contribution in [0, 0.1) is 19.8 Å². The van der Waals surface area contributed by atoms with E-state index in [1.165, 1.54) is 13.0 Å². The van der Waals surface area contributed by atoms with E-state index in [0.29, 0.717) is 24.2 Å². The zero-order chi connectivity index (χ0) is 24.9. The minimum Gasteiger partial charge on any atom is -0.351 e. The molecular weight excluding hydrogens is 445 g/mol. The first-order chi connectivity index (χ1) is 16.8. The number of rotatable bonds is 7. The van der Waals surface area contributed by atoms with Crippen molar-refractivity contribution in [1.29, 1.82) is 0 Å². The summed E-state index contributed by atoms with van der Waals surface area (Å²) in [6, 6.07) is 14.7. The van der Waals surface area contributed by atoms with Gasteiger partial charge in [0.25, 0.3) is 5.91 Å². The first kappa shape index (κ1) is 23.9. The largest absolute Gasteiger partial charge is 0.351 e. The summed E-state index contributed by atoms with van der Waals surface area (Å²) in [6.45, 7) is 5.66. The summed E-state index contributed by atoms with van der Waals surface area (Å²) in [6.07, 6.45) is 2.18. The minimum atomic E-state index is -0.524. The molecular formula is C27H26FN5O2. The molecule has 0 saturated carbocycles. The Morgan fingerprint density at radius 2 is 1.74 bits per heavy atom. The highest BCUT2D eigenvalue weighted by Crippen LogP contribution is 2.18. The number of benzene rings is 1. The lowest BCUT2D eigenvalue weighted by atomic mass is 10.0. The molecule has 4 rings (SSSR count). The van der Waals surface area contributed by atoms with Gasteiger partial charge < -0.3 is 10.6 Å². The van der Waals surface area contributed by atoms with Gasteiger partial charge in [-0.15, -0.1) is 0 Å². The lowest BCUT2D eigenvalue weighted by Crippen LogP contribution is -2.24. The number of carbonyl (C=O) groups is 2. The molecule has 0 spiro atoms. The molecule has 0 bridgehead atoms. The van der Waals surface area contributed by atoms with Gasteiger partial charge in [-0.25, -0.2) is 4.98 Å². The van der Waals surface area contributed by atoms with Crippen molar-refractivity contribution in [3.63, 3.8) is 0 Å². The van der Waals surface area contributed by atoms with Gasteiger partial charge in [0, 0.05) is 48.4 Å². The SMILES string of the molecule is CC(=O)NCc1ccc2cc(Cc3cc(C(=O)NCc4c(C)cc(F)nc4C)ccn3)ccc2n1. The van der Waals surface area contributed by atoms with E-state index in [-0.39, 0.29) is 18.4 Å². The van der Waals surface area contributed by atoms with Gasteiger partial charge in [-0.1, -0.05) is 12.1 Å². The quantitative estimate of drug-likeness (QED) is 0.398. The number of aromatic nitrogens is 3. The third-order valence-electron chi connectivity index (χ3n) is 5.74. The Kier molecular flexibility index (Phi) is 7.10. The number of carbonyl (C=O) groups excluding carboxylic acids is 2. The molecule has 0 fully saturated rings. The Morgan fingerprint density at radius 3 is 2.51 bits per heavy atom. The highest BCUT2D eigenvalue weighted by molar-refractivity contribution is 5.94. The van der Waals surface area contributed by atoms with Crippen LogP contribution in [0.4, 0.5) is 4.39 Å². The molecule has 178 valence electrons. The van der Waals surface area contributed by atoms with E-state index >= 15 is 0 Å². The fourth-order valence-corrected chi connectivity index (χ4v) is 3.92. The van der Waals surface area contributed by atoms with Crippen LogP contribution in [-0.4, -0.2) is 26.8 Å². The van der Waals surface area contributed by atoms with Gasteiger partial charge in [0.2, 0.25) is 11.9 Å². The zero-order valence-electron chi connectivity index (χ0n) is 19.9. The Balaban J connectivity index is 1.44. The molecule has 0 aliphatic rings. The maximum absolute atomic E-state index is 13.4. The van der Waals surface area contributed by atoms with Crippen LogP contribution in [0.1, 0.15) is 51.1 Å². The smallest absolute Gasteiger partial charge is 0.251 e. The third-order valence-corrected chi connectivity index (χ3v) is 5.74. The number of nitrogens with one attached hydrogen (secondary N) is 2. The number of amides is 2. The number of pyridine rings is 3. The number of fused-ring (bicyclic) bond motifs is 1. The average molecular weight is 472 g/mol. The lowest BCUT2D eigenvalue weighted by molar-refractivity contribution is -0.119. The van der Waals surface area contributed by atoms with Crippen LogP contribution in [0.3, 0.4) is 0 Å². The molecule has 0 atom stereocenters. The van der Waals surface area contributed by atoms with E-state index in [9.17, 15) is 14.0 Å². The summed E-state index contributed by atoms with van der Waals surface area (Å²) < 4.78 is 13.4. The van der Waals surface area contributed by atoms with Crippen LogP contribution in [0.15, 0.2) is 54.7 Å². The summed E-state index contributed by atoms with van der Waals surface area (Å²) in [4.78, 5) is 36.7. The maximum atomic E-state index is 13.4. The topological polar surface area (TPSA) is 96.9 Å². The van der Waals surface area contributed by atoms with Gasteiger partial charge in [-0.3, -0.25) is 19.6 Å². The van der Waals surface area contributed by atoms with Crippen molar-refractivity contribution in [2.45, 2.75) is 40.3 Å². The maximum Gasteiger partial charge on any atom is 0.251 e. The van der Waals surface area contributed by atoms with Crippen LogP contribution in [-0.2, 0) is 24.3 Å². The molecule has 3 heterocycles. The standard InChI is InChI=1S/C27H26FN5O2/c1-16-10-26(28)32-17(2)24(16)15-31-27(35)21-8-9-29-23(13-21)12-19-4-7-25-20(11-19)5-6-22(33-25)14-30-18(3)34/h4-11,13H,12,14-15H2,1-3H3,(H,30,34)(H,31,35). The third kappa shape index (κ3) is 6.03. The second-order valence-corrected chi connectivity index (χ2v) is 8.46. The van der Waals surface area contributed by atoms with Crippen LogP contribution >= 0.6 is 0 Å². The van der Waals surface area contributed by atoms with Crippen molar-refractivity contribution in [3.8, 4) is 0 Å². The molecule has 0 saturated heterocycles. The number of halogens is 1. The normalized spacial score (nSPS) is 10.9. The fraction of sp³-hybridized carbons (Fsp3) is 0.222. The lowest BCUT2D eigenvalue weighted by Gasteiger charge is -2.11. The van der Waals surface area contributed by atoms with Gasteiger partial charge in [0.05, 0.1) is 17.8 Å². The highest BCUT2D eigenvalue weighted by Gasteiger charge is 2.11. The summed E-state index contributed by atoms with van der Waals surface area (Å²) in [5.41, 5.74) is 6.07. The molecule has 0 aliphatic heterocycles. The summed E-state index contributed by atoms with van der Waals surface area (Å²) in [5.74, 6) is -0.849. The highest BCUT2D eigenvalue weighted by atomic mass is 19.1. The van der Waals surface area contributed by atoms with Gasteiger partial charge in [-0.05, 0) is 66.9 Å². The van der Waals surface area contributed by atoms with Gasteiger partial charge in [0.1, 0.15) is 0 Å². The first-order valence-electron chi connectivity index (χ1n) is 11.3. The molecule has 0 radical (unpaired) electrons. The zero-order valence-corrected chi connectivity index (χ0v) is 19.9. The summed E-state index contributed by atoms with van der Waals surface area (Å²) >= 11 is 0. The Hall–Kier alpha value is -4.20. The summed E-state index contributed by atoms with van der Waals surface area (Å²) in [5, 5.41) is 6.63. The Morgan fingerprint density at radius 1 is 0.914 bits per heavy atom. The van der Waals surface area contributed by atoms with E-state index < -0.39 is 5.95 Å². The summed E-state index contributed by atoms with van der Waals surface area (Å²) in [7, 11) is 0. The predicted octanol–water partition coefficient (Wildman–Crippen LogP) is 3.94. The van der Waals surface area contributed by atoms with Crippen molar-refractivity contribution >= 4 is 22.7 Å². The number of hydrogen-bond donors (Lipinski definition) is 2. The Bertz CT molecular complexity index is 1400. The van der Waals surface area contributed by atoms with Gasteiger partial charge in [0.15, 0.2) is 0 Å². The Labute approximate surface area is 202 Å². The van der Waals surface area contributed by atoms with E-state index in [1.54, 1.807) is 32.2 Å². The second kappa shape index (κ2) is 10.4.